The van der Waals surface area contributed by atoms with Crippen molar-refractivity contribution in [2.75, 3.05) is 27.9 Å². The van der Waals surface area contributed by atoms with Gasteiger partial charge in [0.2, 0.25) is 17.2 Å². The van der Waals surface area contributed by atoms with Crippen molar-refractivity contribution in [3.63, 3.8) is 0 Å². The lowest BCUT2D eigenvalue weighted by Crippen LogP contribution is -2.58. The molecule has 0 aromatic heterocycles. The third-order valence-electron chi connectivity index (χ3n) is 7.83. The van der Waals surface area contributed by atoms with E-state index < -0.39 is 47.5 Å². The van der Waals surface area contributed by atoms with E-state index >= 15 is 0 Å². The molecule has 1 spiro atoms. The van der Waals surface area contributed by atoms with Gasteiger partial charge in [0.05, 0.1) is 26.9 Å². The molecule has 2 N–H and O–H groups in total. The fraction of sp³-hybridized carbons (Fsp3) is 0.333. The van der Waals surface area contributed by atoms with Crippen molar-refractivity contribution in [2.24, 2.45) is 5.92 Å². The molecule has 3 unspecified atom stereocenters. The van der Waals surface area contributed by atoms with Gasteiger partial charge in [0, 0.05) is 34.9 Å². The second-order valence-corrected chi connectivity index (χ2v) is 10.5. The largest absolute Gasteiger partial charge is 0.496 e. The summed E-state index contributed by atoms with van der Waals surface area (Å²) in [5.41, 5.74) is -0.0548. The number of ether oxygens (including phenoxy) is 5. The Kier molecular flexibility index (Phi) is 7.40. The van der Waals surface area contributed by atoms with Crippen molar-refractivity contribution in [2.45, 2.75) is 31.8 Å². The number of halogens is 1. The van der Waals surface area contributed by atoms with Crippen molar-refractivity contribution in [3.05, 3.63) is 69.0 Å². The molecule has 2 aliphatic heterocycles. The summed E-state index contributed by atoms with van der Waals surface area (Å²) in [7, 11) is 4.03. The maximum Gasteiger partial charge on any atom is 0.341 e. The molecule has 5 rings (SSSR count). The highest BCUT2D eigenvalue weighted by molar-refractivity contribution is 6.36. The smallest absolute Gasteiger partial charge is 0.341 e. The van der Waals surface area contributed by atoms with Crippen LogP contribution >= 0.6 is 11.6 Å². The van der Waals surface area contributed by atoms with Crippen LogP contribution in [-0.2, 0) is 19.1 Å². The maximum absolute atomic E-state index is 14.7. The number of Topliss-reactive ketones (excluding diaryl/α,β-unsaturated/α-hetero) is 2. The van der Waals surface area contributed by atoms with Crippen molar-refractivity contribution < 1.29 is 48.0 Å². The fourth-order valence-electron chi connectivity index (χ4n) is 5.89. The lowest BCUT2D eigenvalue weighted by atomic mass is 9.65. The number of hydrogen-bond donors (Lipinski definition) is 2. The molecule has 2 heterocycles. The molecule has 11 nitrogen and oxygen atoms in total. The molecule has 0 bridgehead atoms. The topological polar surface area (TPSA) is 147 Å². The average Bonchev–Trinajstić information content (AvgIpc) is 3.29. The number of hydrogen-bond acceptors (Lipinski definition) is 10. The number of carbonyl (C=O) groups excluding carboxylic acids is 3. The van der Waals surface area contributed by atoms with Crippen LogP contribution in [0.25, 0.3) is 0 Å². The van der Waals surface area contributed by atoms with Crippen molar-refractivity contribution in [3.8, 4) is 23.0 Å². The van der Waals surface area contributed by atoms with E-state index in [0.29, 0.717) is 17.0 Å². The summed E-state index contributed by atoms with van der Waals surface area (Å²) in [6.45, 7) is 2.91. The number of carbonyl (C=O) groups is 4. The van der Waals surface area contributed by atoms with Gasteiger partial charge in [-0.25, -0.2) is 9.59 Å². The Balaban J connectivity index is 1.65. The van der Waals surface area contributed by atoms with Gasteiger partial charge in [-0.15, -0.1) is 0 Å². The SMILES string of the molecule is COC(=O)C1=C(C)NC2=C(C(=O)C3(Oc4c(Cl)c(OC)cc(OC)c4C3=O)C(C)C2)C1c1ccc(OCC(=O)O)cc1. The van der Waals surface area contributed by atoms with Crippen LogP contribution < -0.4 is 24.3 Å². The zero-order chi connectivity index (χ0) is 30.5. The van der Waals surface area contributed by atoms with E-state index in [1.165, 1.54) is 27.4 Å². The molecule has 0 amide bonds. The lowest BCUT2D eigenvalue weighted by Gasteiger charge is -2.42. The molecule has 1 aliphatic carbocycles. The third kappa shape index (κ3) is 4.27. The maximum atomic E-state index is 14.7. The molecule has 220 valence electrons. The second-order valence-electron chi connectivity index (χ2n) is 10.1. The first-order valence-corrected chi connectivity index (χ1v) is 13.3. The Morgan fingerprint density at radius 1 is 1.10 bits per heavy atom. The van der Waals surface area contributed by atoms with Crippen LogP contribution in [0.1, 0.15) is 42.1 Å². The van der Waals surface area contributed by atoms with E-state index in [4.69, 9.17) is 40.4 Å². The Morgan fingerprint density at radius 2 is 1.76 bits per heavy atom. The van der Waals surface area contributed by atoms with Crippen LogP contribution in [0.4, 0.5) is 0 Å². The zero-order valence-corrected chi connectivity index (χ0v) is 24.2. The first kappa shape index (κ1) is 29.0. The van der Waals surface area contributed by atoms with Crippen molar-refractivity contribution >= 4 is 35.1 Å². The summed E-state index contributed by atoms with van der Waals surface area (Å²) in [5.74, 6) is -3.99. The van der Waals surface area contributed by atoms with Crippen LogP contribution in [0.15, 0.2) is 52.9 Å². The number of fused-ring (bicyclic) bond motifs is 1. The second kappa shape index (κ2) is 10.7. The zero-order valence-electron chi connectivity index (χ0n) is 23.5. The van der Waals surface area contributed by atoms with Gasteiger partial charge in [0.15, 0.2) is 12.4 Å². The van der Waals surface area contributed by atoms with Gasteiger partial charge < -0.3 is 34.1 Å². The highest BCUT2D eigenvalue weighted by Crippen LogP contribution is 2.56. The van der Waals surface area contributed by atoms with Gasteiger partial charge in [-0.2, -0.15) is 0 Å². The first-order chi connectivity index (χ1) is 20.0. The summed E-state index contributed by atoms with van der Waals surface area (Å²) in [5, 5.41) is 12.2. The van der Waals surface area contributed by atoms with Crippen LogP contribution in [0.2, 0.25) is 5.02 Å². The van der Waals surface area contributed by atoms with E-state index in [1.807, 2.05) is 0 Å². The molecular formula is C30H28ClNO10. The standard InChI is InChI=1S/C30H28ClNO10/c1-13-10-17-23(27(35)30(13)28(36)24-18(38-3)11-19(39-4)25(31)26(24)42-30)22(21(14(2)32-17)29(37)40-5)15-6-8-16(9-7-15)41-12-20(33)34/h6-9,11,13,22,32H,10,12H2,1-5H3,(H,33,34). The van der Waals surface area contributed by atoms with E-state index in [1.54, 1.807) is 38.1 Å². The molecule has 0 saturated carbocycles. The van der Waals surface area contributed by atoms with Gasteiger partial charge in [0.25, 0.3) is 0 Å². The van der Waals surface area contributed by atoms with E-state index in [0.717, 1.165) is 0 Å². The van der Waals surface area contributed by atoms with Gasteiger partial charge >= 0.3 is 11.9 Å². The Hall–Kier alpha value is -4.51. The summed E-state index contributed by atoms with van der Waals surface area (Å²) in [6.07, 6.45) is 0.236. The number of carboxylic acid groups (broad SMARTS) is 1. The number of methoxy groups -OCH3 is 3. The lowest BCUT2D eigenvalue weighted by molar-refractivity contribution is -0.139. The summed E-state index contributed by atoms with van der Waals surface area (Å²) in [6, 6.07) is 7.80. The van der Waals surface area contributed by atoms with Crippen LogP contribution in [0.5, 0.6) is 23.0 Å². The molecule has 3 aliphatic rings. The van der Waals surface area contributed by atoms with Crippen molar-refractivity contribution in [1.29, 1.82) is 0 Å². The van der Waals surface area contributed by atoms with Gasteiger partial charge in [-0.05, 0) is 31.0 Å². The van der Waals surface area contributed by atoms with Crippen LogP contribution in [0.3, 0.4) is 0 Å². The summed E-state index contributed by atoms with van der Waals surface area (Å²) >= 11 is 6.56. The van der Waals surface area contributed by atoms with Gasteiger partial charge in [-0.3, -0.25) is 9.59 Å². The number of benzene rings is 2. The van der Waals surface area contributed by atoms with Crippen LogP contribution in [-0.4, -0.2) is 62.1 Å². The molecule has 2 aromatic carbocycles. The Morgan fingerprint density at radius 3 is 2.36 bits per heavy atom. The first-order valence-electron chi connectivity index (χ1n) is 13.0. The minimum Gasteiger partial charge on any atom is -0.496 e. The highest BCUT2D eigenvalue weighted by Gasteiger charge is 2.63. The number of dihydropyridines is 1. The number of rotatable bonds is 7. The quantitative estimate of drug-likeness (QED) is 0.354. The van der Waals surface area contributed by atoms with Gasteiger partial charge in [0.1, 0.15) is 27.8 Å². The van der Waals surface area contributed by atoms with E-state index in [-0.39, 0.29) is 51.2 Å². The number of nitrogens with one attached hydrogen (secondary N) is 1. The highest BCUT2D eigenvalue weighted by atomic mass is 35.5. The van der Waals surface area contributed by atoms with E-state index in [2.05, 4.69) is 5.32 Å². The Bertz CT molecular complexity index is 1590. The Labute approximate surface area is 246 Å². The fourth-order valence-corrected chi connectivity index (χ4v) is 6.15. The van der Waals surface area contributed by atoms with Crippen molar-refractivity contribution in [1.82, 2.24) is 5.32 Å². The minimum absolute atomic E-state index is 0.0118. The molecular weight excluding hydrogens is 570 g/mol. The van der Waals surface area contributed by atoms with E-state index in [9.17, 15) is 19.2 Å². The molecule has 2 aromatic rings. The molecule has 42 heavy (non-hydrogen) atoms. The molecule has 0 fully saturated rings. The molecule has 3 atom stereocenters. The average molecular weight is 598 g/mol. The molecule has 12 heteroatoms. The summed E-state index contributed by atoms with van der Waals surface area (Å²) < 4.78 is 27.4. The number of aliphatic carboxylic acids is 1. The van der Waals surface area contributed by atoms with Gasteiger partial charge in [-0.1, -0.05) is 30.7 Å². The number of ketones is 2. The minimum atomic E-state index is -1.98. The molecule has 0 saturated heterocycles. The third-order valence-corrected chi connectivity index (χ3v) is 8.19. The monoisotopic (exact) mass is 597 g/mol. The molecule has 0 radical (unpaired) electrons. The number of esters is 1. The van der Waals surface area contributed by atoms with Crippen LogP contribution in [0, 0.1) is 5.92 Å². The summed E-state index contributed by atoms with van der Waals surface area (Å²) in [4.78, 5) is 53.0. The number of carboxylic acids is 1. The predicted molar refractivity (Wildman–Crippen MR) is 148 cm³/mol. The number of allylic oxidation sites excluding steroid dienone is 2. The predicted octanol–water partition coefficient (Wildman–Crippen LogP) is 3.83. The normalized spacial score (nSPS) is 22.7.